The minimum absolute atomic E-state index is 0.744. The van der Waals surface area contributed by atoms with Crippen LogP contribution in [0.3, 0.4) is 0 Å². The van der Waals surface area contributed by atoms with Crippen LogP contribution in [0.1, 0.15) is 51.9 Å². The van der Waals surface area contributed by atoms with Gasteiger partial charge in [-0.15, -0.1) is 0 Å². The molecule has 0 aromatic rings. The van der Waals surface area contributed by atoms with Gasteiger partial charge in [0.1, 0.15) is 0 Å². The molecule has 3 heteroatoms. The van der Waals surface area contributed by atoms with Crippen LogP contribution in [0.2, 0.25) is 0 Å². The van der Waals surface area contributed by atoms with Crippen LogP contribution in [0.15, 0.2) is 0 Å². The predicted octanol–water partition coefficient (Wildman–Crippen LogP) is 2.32. The molecule has 2 heterocycles. The first-order valence-corrected chi connectivity index (χ1v) is 8.45. The van der Waals surface area contributed by atoms with E-state index >= 15 is 0 Å². The average molecular weight is 267 g/mol. The summed E-state index contributed by atoms with van der Waals surface area (Å²) in [6.07, 6.45) is 9.60. The van der Waals surface area contributed by atoms with E-state index in [2.05, 4.69) is 29.1 Å². The number of likely N-dealkylation sites (N-methyl/N-ethyl adjacent to an activating group) is 1. The lowest BCUT2D eigenvalue weighted by atomic mass is 10.0. The van der Waals surface area contributed by atoms with Gasteiger partial charge in [-0.05, 0) is 71.8 Å². The average Bonchev–Trinajstić information content (AvgIpc) is 2.66. The Morgan fingerprint density at radius 2 is 2.00 bits per heavy atom. The summed E-state index contributed by atoms with van der Waals surface area (Å²) in [4.78, 5) is 5.30. The van der Waals surface area contributed by atoms with Crippen LogP contribution in [-0.2, 0) is 0 Å². The lowest BCUT2D eigenvalue weighted by Crippen LogP contribution is -2.45. The maximum atomic E-state index is 3.68. The molecule has 0 spiro atoms. The molecule has 19 heavy (non-hydrogen) atoms. The molecule has 3 nitrogen and oxygen atoms in total. The molecule has 2 saturated heterocycles. The highest BCUT2D eigenvalue weighted by Gasteiger charge is 2.22. The van der Waals surface area contributed by atoms with Gasteiger partial charge >= 0.3 is 0 Å². The van der Waals surface area contributed by atoms with E-state index in [-0.39, 0.29) is 0 Å². The minimum Gasteiger partial charge on any atom is -0.313 e. The molecule has 0 radical (unpaired) electrons. The first-order valence-electron chi connectivity index (χ1n) is 8.45. The van der Waals surface area contributed by atoms with E-state index in [0.29, 0.717) is 0 Å². The summed E-state index contributed by atoms with van der Waals surface area (Å²) >= 11 is 0. The number of piperidine rings is 1. The highest BCUT2D eigenvalue weighted by molar-refractivity contribution is 4.81. The second-order valence-electron chi connectivity index (χ2n) is 6.51. The highest BCUT2D eigenvalue weighted by atomic mass is 15.2. The Bertz CT molecular complexity index is 238. The van der Waals surface area contributed by atoms with Gasteiger partial charge in [0.2, 0.25) is 0 Å². The summed E-state index contributed by atoms with van der Waals surface area (Å²) in [7, 11) is 2.34. The second-order valence-corrected chi connectivity index (χ2v) is 6.51. The molecule has 0 aromatic heterocycles. The molecule has 0 aliphatic carbocycles. The number of likely N-dealkylation sites (tertiary alicyclic amines) is 1. The van der Waals surface area contributed by atoms with Crippen molar-refractivity contribution in [1.29, 1.82) is 0 Å². The lowest BCUT2D eigenvalue weighted by molar-refractivity contribution is 0.184. The van der Waals surface area contributed by atoms with E-state index in [1.807, 2.05) is 0 Å². The van der Waals surface area contributed by atoms with Gasteiger partial charge < -0.3 is 15.1 Å². The van der Waals surface area contributed by atoms with Crippen molar-refractivity contribution in [2.75, 3.05) is 39.8 Å². The van der Waals surface area contributed by atoms with Crippen molar-refractivity contribution in [2.45, 2.75) is 64.0 Å². The Labute approximate surface area is 119 Å². The molecular formula is C16H33N3. The summed E-state index contributed by atoms with van der Waals surface area (Å²) in [5, 5.41) is 3.68. The summed E-state index contributed by atoms with van der Waals surface area (Å²) < 4.78 is 0. The first kappa shape index (κ1) is 15.3. The van der Waals surface area contributed by atoms with Crippen molar-refractivity contribution in [2.24, 2.45) is 0 Å². The van der Waals surface area contributed by atoms with Crippen LogP contribution in [-0.4, -0.2) is 61.7 Å². The van der Waals surface area contributed by atoms with Gasteiger partial charge in [-0.3, -0.25) is 0 Å². The molecule has 0 amide bonds. The van der Waals surface area contributed by atoms with Crippen molar-refractivity contribution in [3.8, 4) is 0 Å². The zero-order valence-corrected chi connectivity index (χ0v) is 13.0. The minimum atomic E-state index is 0.744. The highest BCUT2D eigenvalue weighted by Crippen LogP contribution is 2.17. The number of nitrogens with one attached hydrogen (secondary N) is 1. The van der Waals surface area contributed by atoms with Crippen LogP contribution in [0.5, 0.6) is 0 Å². The van der Waals surface area contributed by atoms with Crippen LogP contribution in [0.25, 0.3) is 0 Å². The smallest absolute Gasteiger partial charge is 0.0195 e. The third-order valence-electron chi connectivity index (χ3n) is 4.87. The fourth-order valence-corrected chi connectivity index (χ4v) is 3.70. The first-order chi connectivity index (χ1) is 9.29. The van der Waals surface area contributed by atoms with Crippen LogP contribution in [0, 0.1) is 0 Å². The Kier molecular flexibility index (Phi) is 6.62. The van der Waals surface area contributed by atoms with Gasteiger partial charge in [0.05, 0.1) is 0 Å². The normalized spacial score (nSPS) is 30.5. The fraction of sp³-hybridized carbons (Fsp3) is 1.00. The summed E-state index contributed by atoms with van der Waals surface area (Å²) in [5.74, 6) is 0. The molecule has 2 fully saturated rings. The topological polar surface area (TPSA) is 18.5 Å². The third-order valence-corrected chi connectivity index (χ3v) is 4.87. The maximum Gasteiger partial charge on any atom is 0.0195 e. The Morgan fingerprint density at radius 3 is 2.74 bits per heavy atom. The Hall–Kier alpha value is -0.120. The predicted molar refractivity (Wildman–Crippen MR) is 82.6 cm³/mol. The van der Waals surface area contributed by atoms with Gasteiger partial charge in [0.15, 0.2) is 0 Å². The molecule has 2 aliphatic rings. The zero-order chi connectivity index (χ0) is 13.5. The van der Waals surface area contributed by atoms with Crippen molar-refractivity contribution in [3.05, 3.63) is 0 Å². The van der Waals surface area contributed by atoms with Gasteiger partial charge in [-0.2, -0.15) is 0 Å². The van der Waals surface area contributed by atoms with E-state index in [4.69, 9.17) is 0 Å². The van der Waals surface area contributed by atoms with Gasteiger partial charge in [0.25, 0.3) is 0 Å². The molecule has 2 unspecified atom stereocenters. The standard InChI is InChI=1S/C16H33N3/c1-3-11-19-12-6-8-16(9-13-19)18(2)14-15-7-4-5-10-17-15/h15-17H,3-14H2,1-2H3. The molecule has 0 aromatic carbocycles. The molecule has 0 saturated carbocycles. The number of rotatable bonds is 5. The SMILES string of the molecule is CCCN1CCCC(N(C)CC2CCCCN2)CC1. The quantitative estimate of drug-likeness (QED) is 0.825. The van der Waals surface area contributed by atoms with Gasteiger partial charge in [-0.25, -0.2) is 0 Å². The third kappa shape index (κ3) is 5.05. The molecule has 2 aliphatic heterocycles. The monoisotopic (exact) mass is 267 g/mol. The van der Waals surface area contributed by atoms with Crippen molar-refractivity contribution >= 4 is 0 Å². The number of hydrogen-bond acceptors (Lipinski definition) is 3. The van der Waals surface area contributed by atoms with E-state index < -0.39 is 0 Å². The van der Waals surface area contributed by atoms with E-state index in [9.17, 15) is 0 Å². The molecule has 1 N–H and O–H groups in total. The van der Waals surface area contributed by atoms with Crippen LogP contribution < -0.4 is 5.32 Å². The van der Waals surface area contributed by atoms with Gasteiger partial charge in [0, 0.05) is 18.6 Å². The Morgan fingerprint density at radius 1 is 1.11 bits per heavy atom. The van der Waals surface area contributed by atoms with Crippen molar-refractivity contribution < 1.29 is 0 Å². The largest absolute Gasteiger partial charge is 0.313 e. The summed E-state index contributed by atoms with van der Waals surface area (Å²) in [5.41, 5.74) is 0. The fourth-order valence-electron chi connectivity index (χ4n) is 3.70. The maximum absolute atomic E-state index is 3.68. The van der Waals surface area contributed by atoms with Crippen LogP contribution >= 0.6 is 0 Å². The van der Waals surface area contributed by atoms with Crippen molar-refractivity contribution in [1.82, 2.24) is 15.1 Å². The molecule has 0 bridgehead atoms. The molecular weight excluding hydrogens is 234 g/mol. The number of nitrogens with zero attached hydrogens (tertiary/aromatic N) is 2. The summed E-state index contributed by atoms with van der Waals surface area (Å²) in [6, 6.07) is 1.55. The lowest BCUT2D eigenvalue weighted by Gasteiger charge is -2.33. The van der Waals surface area contributed by atoms with E-state index in [0.717, 1.165) is 12.1 Å². The molecule has 2 rings (SSSR count). The van der Waals surface area contributed by atoms with Crippen LogP contribution in [0.4, 0.5) is 0 Å². The van der Waals surface area contributed by atoms with E-state index in [1.165, 1.54) is 77.7 Å². The summed E-state index contributed by atoms with van der Waals surface area (Å²) in [6.45, 7) is 8.69. The van der Waals surface area contributed by atoms with Crippen molar-refractivity contribution in [3.63, 3.8) is 0 Å². The molecule has 2 atom stereocenters. The van der Waals surface area contributed by atoms with Gasteiger partial charge in [-0.1, -0.05) is 13.3 Å². The zero-order valence-electron chi connectivity index (χ0n) is 13.0. The Balaban J connectivity index is 1.73. The second kappa shape index (κ2) is 8.23. The molecule has 112 valence electrons. The van der Waals surface area contributed by atoms with E-state index in [1.54, 1.807) is 0 Å². The number of hydrogen-bond donors (Lipinski definition) is 1.